The molecule has 0 saturated carbocycles. The van der Waals surface area contributed by atoms with Crippen LogP contribution in [0.4, 0.5) is 0 Å². The van der Waals surface area contributed by atoms with E-state index in [1.807, 2.05) is 0 Å². The Morgan fingerprint density at radius 2 is 0.584 bits per heavy atom. The summed E-state index contributed by atoms with van der Waals surface area (Å²) in [4.78, 5) is 39.6. The van der Waals surface area contributed by atoms with E-state index in [9.17, 15) is 178 Å². The van der Waals surface area contributed by atoms with Gasteiger partial charge in [-0.15, -0.1) is 0 Å². The molecule has 3 amide bonds. The molecule has 12 rings (SSSR count). The third kappa shape index (κ3) is 28.1. The van der Waals surface area contributed by atoms with Crippen LogP contribution in [0.1, 0.15) is 75.2 Å². The quantitative estimate of drug-likeness (QED) is 0.0270. The Kier molecular flexibility index (Phi) is 45.2. The number of rotatable bonds is 41. The predicted molar refractivity (Wildman–Crippen MR) is 472 cm³/mol. The molecule has 61 nitrogen and oxygen atoms in total. The van der Waals surface area contributed by atoms with E-state index in [1.54, 1.807) is 13.8 Å². The fourth-order valence-electron chi connectivity index (χ4n) is 20.2. The molecule has 0 aromatic rings. The van der Waals surface area contributed by atoms with Gasteiger partial charge in [-0.1, -0.05) is 34.6 Å². The maximum atomic E-state index is 13.5. The van der Waals surface area contributed by atoms with Crippen molar-refractivity contribution in [2.45, 2.75) is 437 Å². The van der Waals surface area contributed by atoms with Crippen LogP contribution in [0.5, 0.6) is 0 Å². The Morgan fingerprint density at radius 3 is 1.01 bits per heavy atom. The molecule has 61 heteroatoms. The summed E-state index contributed by atoms with van der Waals surface area (Å²) in [6.45, 7) is 0.711. The topological polar surface area (TPSA) is 947 Å². The molecule has 62 atom stereocenters. The number of carbonyl (C=O) groups excluding carboxylic acids is 3. The first-order chi connectivity index (χ1) is 70.4. The van der Waals surface area contributed by atoms with Gasteiger partial charge in [0.2, 0.25) is 17.7 Å². The lowest BCUT2D eigenvalue weighted by atomic mass is 9.87. The first-order valence-electron chi connectivity index (χ1n) is 49.4. The Morgan fingerprint density at radius 1 is 0.268 bits per heavy atom. The van der Waals surface area contributed by atoms with Crippen molar-refractivity contribution in [3.05, 3.63) is 0 Å². The average Bonchev–Trinajstić information content (AvgIpc) is 0.763. The predicted octanol–water partition coefficient (Wildman–Crippen LogP) is -20.7. The number of amides is 3. The second-order valence-corrected chi connectivity index (χ2v) is 40.1. The maximum Gasteiger partial charge on any atom is 0.217 e. The van der Waals surface area contributed by atoms with Crippen molar-refractivity contribution in [2.24, 2.45) is 23.7 Å². The molecule has 12 fully saturated rings. The summed E-state index contributed by atoms with van der Waals surface area (Å²) in [5.74, 6) is -6.35. The average molecular weight is 2180 g/mol. The summed E-state index contributed by atoms with van der Waals surface area (Å²) in [5, 5.41) is 368. The van der Waals surface area contributed by atoms with Crippen molar-refractivity contribution in [3.8, 4) is 0 Å². The van der Waals surface area contributed by atoms with E-state index in [0.29, 0.717) is 0 Å². The molecule has 0 bridgehead atoms. The van der Waals surface area contributed by atoms with Crippen LogP contribution in [0.15, 0.2) is 0 Å². The van der Waals surface area contributed by atoms with E-state index in [-0.39, 0.29) is 12.8 Å². The van der Waals surface area contributed by atoms with Crippen molar-refractivity contribution in [1.82, 2.24) is 16.0 Å². The summed E-state index contributed by atoms with van der Waals surface area (Å²) in [6, 6.07) is -5.34. The summed E-state index contributed by atoms with van der Waals surface area (Å²) >= 11 is 0. The standard InChI is InChI=1S/C88H151N3O58/c1-23(2)70-46(89-28(7)99)58(115)76(43(132-70)22-129-83-66(123)61(118)50(107)27(6)131-83)143-81-47(90-29(8)100)59(116)75(39(18-98)136-81)146-86-69(126)77(147-88-79(65(122)54(111)36(15-95)134-88)148-80-26(5)49(106)73(37(16-96)135-80)144-84-67(124)62(119)55(112)40(138-84)19-127-44-10-31(102)24(3)71(141-44)51(108)33(104)12-92)57(114)42(140-86)21-130-87-78(64(121)53(110)35(14-94)133-87)149-82-48(91-30(9)101)60(117)74(38(17-97)137-82)145-85-68(125)63(120)56(113)41(139-85)20-128-45-11-32(103)25(4)72(142-45)52(109)34(105)13-93/h23-27,31-88,92-98,102-126H,10-22H2,1-9H3,(H,89,99)(H,90,100)(H,91,101)/t24-,25-,26?,27?,31?,32?,33?,34?,35?,36?,37?,38?,39?,40?,41?,42?,43?,44+,45+,46?,47?,48?,49-,50-,51?,52?,53-,54-,55+,56+,57-,58-,59-,60-,61?,62+,63+,64+,65+,66+,67?,68?,69?,70+,71?,72?,73-,74-,75-,76-,77+,78?,79?,80+,81+,82+,83-,84+,85+,86+,87+,88-/m1/s1. The van der Waals surface area contributed by atoms with E-state index in [0.717, 1.165) is 20.8 Å². The fraction of sp³-hybridized carbons (Fsp3) is 0.966. The Bertz CT molecular complexity index is 4050. The highest BCUT2D eigenvalue weighted by molar-refractivity contribution is 5.74. The number of hydrogen-bond donors (Lipinski definition) is 35. The highest BCUT2D eigenvalue weighted by Gasteiger charge is 2.63. The van der Waals surface area contributed by atoms with Gasteiger partial charge in [-0.05, 0) is 12.8 Å². The molecule has 0 aromatic heterocycles. The molecule has 12 aliphatic rings. The normalized spacial score (nSPS) is 49.1. The van der Waals surface area contributed by atoms with Crippen molar-refractivity contribution in [2.75, 3.05) is 72.7 Å². The number of hydrogen-bond acceptors (Lipinski definition) is 58. The third-order valence-corrected chi connectivity index (χ3v) is 29.2. The first-order valence-corrected chi connectivity index (χ1v) is 49.4. The van der Waals surface area contributed by atoms with Crippen molar-refractivity contribution >= 4 is 17.7 Å². The molecule has 0 aromatic carbocycles. The molecule has 12 saturated heterocycles. The van der Waals surface area contributed by atoms with E-state index in [1.165, 1.54) is 27.7 Å². The number of carbonyl (C=O) groups is 3. The zero-order valence-corrected chi connectivity index (χ0v) is 82.5. The number of nitrogens with one attached hydrogen (secondary N) is 3. The second kappa shape index (κ2) is 54.4. The lowest BCUT2D eigenvalue weighted by molar-refractivity contribution is -0.401. The third-order valence-electron chi connectivity index (χ3n) is 29.2. The van der Waals surface area contributed by atoms with E-state index in [4.69, 9.17) is 109 Å². The minimum Gasteiger partial charge on any atom is -0.394 e. The zero-order valence-electron chi connectivity index (χ0n) is 82.5. The summed E-state index contributed by atoms with van der Waals surface area (Å²) in [7, 11) is 0. The fourth-order valence-corrected chi connectivity index (χ4v) is 20.2. The lowest BCUT2D eigenvalue weighted by Gasteiger charge is -2.51. The molecule has 28 unspecified atom stereocenters. The van der Waals surface area contributed by atoms with Gasteiger partial charge in [0.25, 0.3) is 0 Å². The van der Waals surface area contributed by atoms with Crippen LogP contribution in [-0.4, -0.2) is 616 Å². The zero-order chi connectivity index (χ0) is 110. The molecule has 0 spiro atoms. The Hall–Kier alpha value is -3.79. The minimum absolute atomic E-state index is 0.253. The Balaban J connectivity index is 0.828. The lowest BCUT2D eigenvalue weighted by Crippen LogP contribution is -2.71. The van der Waals surface area contributed by atoms with Gasteiger partial charge in [0.15, 0.2) is 69.2 Å². The highest BCUT2D eigenvalue weighted by Crippen LogP contribution is 2.44. The van der Waals surface area contributed by atoms with Gasteiger partial charge < -0.3 is 288 Å². The second-order valence-electron chi connectivity index (χ2n) is 40.1. The van der Waals surface area contributed by atoms with Crippen LogP contribution in [0.3, 0.4) is 0 Å². The largest absolute Gasteiger partial charge is 0.394 e. The van der Waals surface area contributed by atoms with E-state index < -0.39 is 476 Å². The van der Waals surface area contributed by atoms with Crippen LogP contribution in [-0.2, 0) is 123 Å². The van der Waals surface area contributed by atoms with Crippen LogP contribution >= 0.6 is 0 Å². The summed E-state index contributed by atoms with van der Waals surface area (Å²) in [6.07, 6.45) is -109. The van der Waals surface area contributed by atoms with Crippen LogP contribution in [0.25, 0.3) is 0 Å². The van der Waals surface area contributed by atoms with Gasteiger partial charge >= 0.3 is 0 Å². The molecule has 866 valence electrons. The summed E-state index contributed by atoms with van der Waals surface area (Å²) < 4.78 is 140. The molecule has 0 aliphatic carbocycles. The number of aliphatic hydroxyl groups is 32. The molecule has 12 aliphatic heterocycles. The number of aliphatic hydroxyl groups excluding tert-OH is 32. The smallest absolute Gasteiger partial charge is 0.217 e. The van der Waals surface area contributed by atoms with Gasteiger partial charge in [0.1, 0.15) is 244 Å². The van der Waals surface area contributed by atoms with Crippen LogP contribution in [0, 0.1) is 23.7 Å². The molecular formula is C88H151N3O58. The molecule has 35 N–H and O–H groups in total. The van der Waals surface area contributed by atoms with Gasteiger partial charge in [-0.25, -0.2) is 0 Å². The van der Waals surface area contributed by atoms with Gasteiger partial charge in [0.05, 0.1) is 121 Å². The first kappa shape index (κ1) is 124. The van der Waals surface area contributed by atoms with Crippen molar-refractivity contribution < 1.29 is 287 Å². The summed E-state index contributed by atoms with van der Waals surface area (Å²) in [5.41, 5.74) is 0. The van der Waals surface area contributed by atoms with Gasteiger partial charge in [0, 0.05) is 51.4 Å². The Labute approximate surface area is 851 Å². The van der Waals surface area contributed by atoms with Crippen LogP contribution < -0.4 is 16.0 Å². The van der Waals surface area contributed by atoms with E-state index >= 15 is 0 Å². The molecular weight excluding hydrogens is 2030 g/mol. The molecule has 0 radical (unpaired) electrons. The van der Waals surface area contributed by atoms with Gasteiger partial charge in [-0.2, -0.15) is 0 Å². The monoisotopic (exact) mass is 2180 g/mol. The highest BCUT2D eigenvalue weighted by atomic mass is 16.8. The SMILES string of the molecule is CC(=O)NC1[C@H](OC2[C@@H](OCC3O[C@@H](O[C@@H]4C(CO)O[C@@H](O[C@@H]5C(CO[C@@H]6OC(C)[C@@H](O)C(O)[C@@H]6O)O[C@@H](C(C)C)C(NC(C)=O)[C@H]5O)C(NC(C)=O)[C@H]4O)C(O)[C@@H](O[C@H]4OC(CO)[C@@H](O)[C@H](O)C4O[C@@H]4OC(CO)[C@@H](O[C@@H]5OC(CO[C@@H]6CC(O)[C@@H](C)C(C(O)C(O)CO)O6)[C@H](O)[C@H](O)C5O)[C@H](O)C4C)[C@@H]3O)OC(CO)[C@@H](O)[C@@H]2O)OC(CO)[C@@H](O[C@@H]2OC(CO[C@@H]3CC(O)[C@@H](C)C(C(O)C(O)CO)O3)[C@H](O)[C@H](O)C2O)[C@@H]1O. The number of ether oxygens (including phenoxy) is 23. The van der Waals surface area contributed by atoms with Crippen molar-refractivity contribution in [3.63, 3.8) is 0 Å². The maximum absolute atomic E-state index is 13.5. The molecule has 149 heavy (non-hydrogen) atoms. The van der Waals surface area contributed by atoms with Crippen molar-refractivity contribution in [1.29, 1.82) is 0 Å². The van der Waals surface area contributed by atoms with Gasteiger partial charge in [-0.3, -0.25) is 14.4 Å². The van der Waals surface area contributed by atoms with E-state index in [2.05, 4.69) is 16.0 Å². The molecule has 12 heterocycles. The van der Waals surface area contributed by atoms with Crippen LogP contribution in [0.2, 0.25) is 0 Å². The minimum atomic E-state index is -2.61.